The zero-order valence-corrected chi connectivity index (χ0v) is 20.1. The third-order valence-electron chi connectivity index (χ3n) is 7.40. The van der Waals surface area contributed by atoms with Crippen molar-refractivity contribution in [2.45, 2.75) is 58.4 Å². The first kappa shape index (κ1) is 22.9. The van der Waals surface area contributed by atoms with E-state index in [2.05, 4.69) is 58.7 Å². The number of aliphatic imine (C=N–C) groups is 1. The lowest BCUT2D eigenvalue weighted by atomic mass is 9.82. The third-order valence-corrected chi connectivity index (χ3v) is 7.40. The van der Waals surface area contributed by atoms with Crippen molar-refractivity contribution < 1.29 is 4.79 Å². The second kappa shape index (κ2) is 10.1. The van der Waals surface area contributed by atoms with Crippen molar-refractivity contribution in [2.24, 2.45) is 16.8 Å². The molecule has 1 aromatic heterocycles. The largest absolute Gasteiger partial charge is 0.342 e. The first-order valence-electron chi connectivity index (χ1n) is 12.3. The molecule has 0 spiro atoms. The van der Waals surface area contributed by atoms with Crippen LogP contribution in [0.2, 0.25) is 0 Å². The van der Waals surface area contributed by atoms with Crippen molar-refractivity contribution >= 4 is 23.0 Å². The Hall–Kier alpha value is -2.27. The minimum absolute atomic E-state index is 0.349. The van der Waals surface area contributed by atoms with E-state index in [-0.39, 0.29) is 0 Å². The normalized spacial score (nSPS) is 23.5. The summed E-state index contributed by atoms with van der Waals surface area (Å²) in [6.07, 6.45) is 7.84. The zero-order valence-electron chi connectivity index (χ0n) is 20.1. The Balaban J connectivity index is 1.48. The van der Waals surface area contributed by atoms with Crippen LogP contribution >= 0.6 is 0 Å². The summed E-state index contributed by atoms with van der Waals surface area (Å²) in [6, 6.07) is 9.14. The molecule has 0 bridgehead atoms. The molecule has 2 aliphatic heterocycles. The Morgan fingerprint density at radius 2 is 2.00 bits per heavy atom. The first-order valence-corrected chi connectivity index (χ1v) is 12.3. The number of likely N-dealkylation sites (tertiary alicyclic amines) is 2. The molecule has 32 heavy (non-hydrogen) atoms. The molecular weight excluding hydrogens is 396 g/mol. The molecule has 0 saturated carbocycles. The number of benzene rings is 1. The summed E-state index contributed by atoms with van der Waals surface area (Å²) >= 11 is 0. The summed E-state index contributed by atoms with van der Waals surface area (Å²) in [6.45, 7) is 10.8. The molecular formula is C27H38N4O. The molecule has 1 unspecified atom stereocenters. The van der Waals surface area contributed by atoms with Crippen molar-refractivity contribution in [1.29, 1.82) is 0 Å². The summed E-state index contributed by atoms with van der Waals surface area (Å²) in [5.41, 5.74) is 3.37. The molecule has 5 heteroatoms. The van der Waals surface area contributed by atoms with Gasteiger partial charge in [-0.25, -0.2) is 0 Å². The summed E-state index contributed by atoms with van der Waals surface area (Å²) in [5.74, 6) is 1.74. The third kappa shape index (κ3) is 5.03. The molecule has 2 atom stereocenters. The summed E-state index contributed by atoms with van der Waals surface area (Å²) in [4.78, 5) is 26.8. The van der Waals surface area contributed by atoms with Gasteiger partial charge in [-0.2, -0.15) is 0 Å². The van der Waals surface area contributed by atoms with Gasteiger partial charge in [0.05, 0.1) is 5.52 Å². The highest BCUT2D eigenvalue weighted by Gasteiger charge is 2.31. The average molecular weight is 435 g/mol. The SMILES string of the molecule is C/N=C\c1ccc(C2C[C@H](C)CN(C(=O)CC3CCN(C(C)C)CC3)C2)c2cccnc12. The van der Waals surface area contributed by atoms with Gasteiger partial charge < -0.3 is 9.80 Å². The number of amides is 1. The maximum Gasteiger partial charge on any atom is 0.222 e. The van der Waals surface area contributed by atoms with Crippen LogP contribution in [0.3, 0.4) is 0 Å². The number of carbonyl (C=O) groups excluding carboxylic acids is 1. The lowest BCUT2D eigenvalue weighted by Crippen LogP contribution is -2.44. The van der Waals surface area contributed by atoms with Crippen molar-refractivity contribution in [3.05, 3.63) is 41.6 Å². The minimum atomic E-state index is 0.349. The highest BCUT2D eigenvalue weighted by Crippen LogP contribution is 2.35. The quantitative estimate of drug-likeness (QED) is 0.638. The van der Waals surface area contributed by atoms with Gasteiger partial charge in [0.2, 0.25) is 5.91 Å². The first-order chi connectivity index (χ1) is 15.5. The van der Waals surface area contributed by atoms with Crippen molar-refractivity contribution in [3.63, 3.8) is 0 Å². The van der Waals surface area contributed by atoms with E-state index in [9.17, 15) is 4.79 Å². The van der Waals surface area contributed by atoms with Gasteiger partial charge in [-0.3, -0.25) is 14.8 Å². The van der Waals surface area contributed by atoms with E-state index in [0.29, 0.717) is 36.1 Å². The monoisotopic (exact) mass is 434 g/mol. The van der Waals surface area contributed by atoms with Gasteiger partial charge in [-0.1, -0.05) is 25.1 Å². The molecule has 2 fully saturated rings. The van der Waals surface area contributed by atoms with Crippen LogP contribution in [0.5, 0.6) is 0 Å². The maximum absolute atomic E-state index is 13.3. The highest BCUT2D eigenvalue weighted by molar-refractivity contribution is 5.99. The van der Waals surface area contributed by atoms with Crippen molar-refractivity contribution in [2.75, 3.05) is 33.2 Å². The second-order valence-corrected chi connectivity index (χ2v) is 10.1. The zero-order chi connectivity index (χ0) is 22.7. The topological polar surface area (TPSA) is 48.8 Å². The molecule has 2 aliphatic rings. The van der Waals surface area contributed by atoms with Gasteiger partial charge in [0, 0.05) is 61.9 Å². The van der Waals surface area contributed by atoms with Gasteiger partial charge in [0.25, 0.3) is 0 Å². The lowest BCUT2D eigenvalue weighted by molar-refractivity contribution is -0.134. The molecule has 172 valence electrons. The van der Waals surface area contributed by atoms with Gasteiger partial charge >= 0.3 is 0 Å². The molecule has 4 rings (SSSR count). The Labute approximate surface area is 192 Å². The van der Waals surface area contributed by atoms with Crippen LogP contribution in [-0.4, -0.2) is 66.2 Å². The molecule has 1 amide bonds. The number of aromatic nitrogens is 1. The lowest BCUT2D eigenvalue weighted by Gasteiger charge is -2.39. The van der Waals surface area contributed by atoms with E-state index in [4.69, 9.17) is 0 Å². The summed E-state index contributed by atoms with van der Waals surface area (Å²) in [7, 11) is 1.79. The molecule has 1 aromatic carbocycles. The van der Waals surface area contributed by atoms with E-state index in [1.807, 2.05) is 18.5 Å². The number of carbonyl (C=O) groups is 1. The fourth-order valence-electron chi connectivity index (χ4n) is 5.65. The highest BCUT2D eigenvalue weighted by atomic mass is 16.2. The number of rotatable bonds is 5. The molecule has 2 saturated heterocycles. The maximum atomic E-state index is 13.3. The van der Waals surface area contributed by atoms with Crippen LogP contribution in [0, 0.1) is 11.8 Å². The average Bonchev–Trinajstić information content (AvgIpc) is 2.79. The van der Waals surface area contributed by atoms with E-state index >= 15 is 0 Å². The van der Waals surface area contributed by atoms with Crippen LogP contribution in [0.1, 0.15) is 63.5 Å². The van der Waals surface area contributed by atoms with Crippen LogP contribution in [0.15, 0.2) is 35.5 Å². The predicted octanol–water partition coefficient (Wildman–Crippen LogP) is 4.75. The van der Waals surface area contributed by atoms with E-state index < -0.39 is 0 Å². The Morgan fingerprint density at radius 3 is 2.72 bits per heavy atom. The van der Waals surface area contributed by atoms with Crippen LogP contribution in [-0.2, 0) is 4.79 Å². The Bertz CT molecular complexity index is 961. The summed E-state index contributed by atoms with van der Waals surface area (Å²) in [5, 5.41) is 1.19. The number of fused-ring (bicyclic) bond motifs is 1. The van der Waals surface area contributed by atoms with Crippen LogP contribution < -0.4 is 0 Å². The number of piperidine rings is 2. The molecule has 0 radical (unpaired) electrons. The van der Waals surface area contributed by atoms with Gasteiger partial charge in [0.15, 0.2) is 0 Å². The van der Waals surface area contributed by atoms with Crippen LogP contribution in [0.4, 0.5) is 0 Å². The Kier molecular flexibility index (Phi) is 7.24. The molecule has 5 nitrogen and oxygen atoms in total. The fourth-order valence-corrected chi connectivity index (χ4v) is 5.65. The van der Waals surface area contributed by atoms with Crippen molar-refractivity contribution in [1.82, 2.24) is 14.8 Å². The second-order valence-electron chi connectivity index (χ2n) is 10.1. The molecule has 0 N–H and O–H groups in total. The van der Waals surface area contributed by atoms with E-state index in [0.717, 1.165) is 56.5 Å². The fraction of sp³-hybridized carbons (Fsp3) is 0.593. The summed E-state index contributed by atoms with van der Waals surface area (Å²) < 4.78 is 0. The molecule has 0 aliphatic carbocycles. The molecule has 2 aromatic rings. The minimum Gasteiger partial charge on any atom is -0.342 e. The smallest absolute Gasteiger partial charge is 0.222 e. The predicted molar refractivity (Wildman–Crippen MR) is 132 cm³/mol. The van der Waals surface area contributed by atoms with E-state index in [1.165, 1.54) is 10.9 Å². The molecule has 3 heterocycles. The number of hydrogen-bond acceptors (Lipinski definition) is 4. The Morgan fingerprint density at radius 1 is 1.22 bits per heavy atom. The van der Waals surface area contributed by atoms with Crippen LogP contribution in [0.25, 0.3) is 10.9 Å². The van der Waals surface area contributed by atoms with Gasteiger partial charge in [-0.15, -0.1) is 0 Å². The number of hydrogen-bond donors (Lipinski definition) is 0. The van der Waals surface area contributed by atoms with Crippen molar-refractivity contribution in [3.8, 4) is 0 Å². The standard InChI is InChI=1S/C27H38N4O/c1-19(2)30-12-9-21(10-13-30)15-26(32)31-17-20(3)14-23(18-31)24-8-7-22(16-28-4)27-25(24)6-5-11-29-27/h5-8,11,16,19-21,23H,9-10,12-15,17-18H2,1-4H3/b28-16-/t20-,23?/m0/s1. The van der Waals surface area contributed by atoms with E-state index in [1.54, 1.807) is 7.05 Å². The van der Waals surface area contributed by atoms with Gasteiger partial charge in [0.1, 0.15) is 0 Å². The van der Waals surface area contributed by atoms with Gasteiger partial charge in [-0.05, 0) is 69.7 Å². The number of nitrogens with zero attached hydrogens (tertiary/aromatic N) is 4. The number of pyridine rings is 1.